The molecule has 3 heterocycles. The molecule has 3 saturated heterocycles. The van der Waals surface area contributed by atoms with Crippen molar-refractivity contribution in [3.63, 3.8) is 0 Å². The zero-order valence-electron chi connectivity index (χ0n) is 32.4. The fraction of sp³-hybridized carbons (Fsp3) is 0.818. The molecule has 0 aliphatic carbocycles. The van der Waals surface area contributed by atoms with Gasteiger partial charge in [0.25, 0.3) is 5.79 Å². The lowest BCUT2D eigenvalue weighted by atomic mass is 9.87. The first kappa shape index (κ1) is 49.9. The molecule has 3 rings (SSSR count). The lowest BCUT2D eigenvalue weighted by Crippen LogP contribution is -2.72. The minimum absolute atomic E-state index is 0.395. The summed E-state index contributed by atoms with van der Waals surface area (Å²) in [6, 6.07) is -5.57. The largest absolute Gasteiger partial charge is 0.480 e. The van der Waals surface area contributed by atoms with Crippen molar-refractivity contribution in [1.29, 1.82) is 0 Å². The van der Waals surface area contributed by atoms with Crippen LogP contribution in [0.4, 0.5) is 0 Å². The normalized spacial score (nSPS) is 37.0. The second kappa shape index (κ2) is 20.4. The summed E-state index contributed by atoms with van der Waals surface area (Å²) in [6.45, 7) is 1.45. The van der Waals surface area contributed by atoms with Gasteiger partial charge in [0.05, 0.1) is 38.1 Å². The number of amides is 4. The van der Waals surface area contributed by atoms with Gasteiger partial charge in [-0.3, -0.25) is 33.8 Å². The first-order valence-electron chi connectivity index (χ1n) is 18.1. The number of carboxylic acids is 2. The number of hydrogen-bond acceptors (Lipinski definition) is 22. The standard InChI is InChI=1S/C33H53N3O23/c1-10(19(34)29(50)51)54-30-21(36(13(4)42)14(5)43)26(23(47)17(8-38)55-30)57-31-25(49)28(24(48)18(9-39)56-31)59-33(32(52)53)6-15(44)20(35(11(2)40)12(3)41)27(58-33)22(46)16(45)7-37/h10,15-28,30-31,37-39,44-49H,6-9,34H2,1-5H3,(H,50,51)(H,52,53)/t10-,15+,16-,17-,18-,19+,20-,21-,22-,23+,24+,25-,26-,27-,28+,30?,31?,33+/m1/s1. The van der Waals surface area contributed by atoms with Crippen molar-refractivity contribution >= 4 is 35.6 Å². The topological polar surface area (TPSA) is 413 Å². The van der Waals surface area contributed by atoms with Crippen LogP contribution in [-0.4, -0.2) is 231 Å². The van der Waals surface area contributed by atoms with Crippen molar-refractivity contribution in [3.05, 3.63) is 0 Å². The van der Waals surface area contributed by atoms with Crippen molar-refractivity contribution in [3.8, 4) is 0 Å². The van der Waals surface area contributed by atoms with E-state index in [0.717, 1.165) is 27.7 Å². The number of aliphatic hydroxyl groups is 9. The van der Waals surface area contributed by atoms with Crippen molar-refractivity contribution in [2.75, 3.05) is 19.8 Å². The molecule has 13 N–H and O–H groups in total. The average molecular weight is 860 g/mol. The van der Waals surface area contributed by atoms with Gasteiger partial charge in [-0.1, -0.05) is 0 Å². The summed E-state index contributed by atoms with van der Waals surface area (Å²) < 4.78 is 34.1. The highest BCUT2D eigenvalue weighted by Gasteiger charge is 2.62. The average Bonchev–Trinajstić information content (AvgIpc) is 3.15. The monoisotopic (exact) mass is 859 g/mol. The van der Waals surface area contributed by atoms with Crippen LogP contribution < -0.4 is 5.73 Å². The third-order valence-corrected chi connectivity index (χ3v) is 10.1. The number of aliphatic hydroxyl groups excluding tert-OH is 9. The molecule has 338 valence electrons. The van der Waals surface area contributed by atoms with Gasteiger partial charge in [0.15, 0.2) is 12.6 Å². The Morgan fingerprint density at radius 2 is 1.24 bits per heavy atom. The van der Waals surface area contributed by atoms with Crippen LogP contribution >= 0.6 is 0 Å². The molecular weight excluding hydrogens is 806 g/mol. The summed E-state index contributed by atoms with van der Waals surface area (Å²) in [5, 5.41) is 117. The van der Waals surface area contributed by atoms with Crippen molar-refractivity contribution in [2.45, 2.75) is 151 Å². The van der Waals surface area contributed by atoms with Crippen molar-refractivity contribution in [2.24, 2.45) is 5.73 Å². The SMILES string of the molecule is CC(=O)N(C(C)=O)[C@H]1[C@H]([C@H](O)[C@H](O)CO)O[C@@](O[C@H]2[C@@H](O)[C@@H](CO)OC(O[C@H]3[C@@H](O)[C@@H](CO)OC(O[C@H](C)[C@H](N)C(=O)O)[C@@H]3N(C(C)=O)C(C)=O)[C@@H]2O)(C(=O)O)C[C@@H]1O. The molecule has 4 amide bonds. The van der Waals surface area contributed by atoms with Crippen LogP contribution in [0.25, 0.3) is 0 Å². The van der Waals surface area contributed by atoms with Gasteiger partial charge in [0.1, 0.15) is 73.1 Å². The molecule has 0 bridgehead atoms. The molecule has 26 nitrogen and oxygen atoms in total. The van der Waals surface area contributed by atoms with E-state index in [4.69, 9.17) is 34.2 Å². The van der Waals surface area contributed by atoms with E-state index < -0.39 is 172 Å². The molecule has 0 spiro atoms. The fourth-order valence-electron chi connectivity index (χ4n) is 7.19. The Hall–Kier alpha value is -3.42. The summed E-state index contributed by atoms with van der Waals surface area (Å²) in [4.78, 5) is 76.2. The van der Waals surface area contributed by atoms with E-state index in [1.807, 2.05) is 0 Å². The Morgan fingerprint density at radius 3 is 1.68 bits per heavy atom. The van der Waals surface area contributed by atoms with E-state index in [-0.39, 0.29) is 0 Å². The van der Waals surface area contributed by atoms with E-state index in [1.54, 1.807) is 0 Å². The molecule has 3 aliphatic heterocycles. The van der Waals surface area contributed by atoms with E-state index in [9.17, 15) is 84.9 Å². The number of imide groups is 2. The molecule has 18 atom stereocenters. The Labute approximate surface area is 335 Å². The highest BCUT2D eigenvalue weighted by molar-refractivity contribution is 5.94. The molecule has 0 radical (unpaired) electrons. The summed E-state index contributed by atoms with van der Waals surface area (Å²) in [7, 11) is 0. The quantitative estimate of drug-likeness (QED) is 0.0686. The van der Waals surface area contributed by atoms with Gasteiger partial charge < -0.3 is 90.3 Å². The Bertz CT molecular complexity index is 1500. The first-order chi connectivity index (χ1) is 27.4. The Kier molecular flexibility index (Phi) is 17.3. The predicted molar refractivity (Wildman–Crippen MR) is 184 cm³/mol. The second-order valence-electron chi connectivity index (χ2n) is 14.3. The smallest absolute Gasteiger partial charge is 0.364 e. The Balaban J connectivity index is 2.14. The number of ether oxygens (including phenoxy) is 6. The molecule has 0 saturated carbocycles. The number of carbonyl (C=O) groups excluding carboxylic acids is 4. The van der Waals surface area contributed by atoms with Gasteiger partial charge >= 0.3 is 11.9 Å². The highest BCUT2D eigenvalue weighted by Crippen LogP contribution is 2.40. The van der Waals surface area contributed by atoms with E-state index in [1.165, 1.54) is 6.92 Å². The fourth-order valence-corrected chi connectivity index (χ4v) is 7.19. The molecule has 59 heavy (non-hydrogen) atoms. The maximum absolute atomic E-state index is 13.0. The van der Waals surface area contributed by atoms with Crippen LogP contribution in [0.1, 0.15) is 41.0 Å². The van der Waals surface area contributed by atoms with Crippen LogP contribution in [0.5, 0.6) is 0 Å². The zero-order chi connectivity index (χ0) is 45.0. The molecule has 2 unspecified atom stereocenters. The van der Waals surface area contributed by atoms with Crippen LogP contribution in [0.15, 0.2) is 0 Å². The molecular formula is C33H53N3O23. The lowest BCUT2D eigenvalue weighted by molar-refractivity contribution is -0.385. The van der Waals surface area contributed by atoms with E-state index in [2.05, 4.69) is 0 Å². The third kappa shape index (κ3) is 10.6. The van der Waals surface area contributed by atoms with Gasteiger partial charge in [-0.15, -0.1) is 0 Å². The maximum atomic E-state index is 13.0. The Morgan fingerprint density at radius 1 is 0.763 bits per heavy atom. The van der Waals surface area contributed by atoms with Crippen molar-refractivity contribution < 1.29 is 113 Å². The molecule has 0 aromatic heterocycles. The lowest BCUT2D eigenvalue weighted by Gasteiger charge is -2.52. The highest BCUT2D eigenvalue weighted by atomic mass is 16.8. The summed E-state index contributed by atoms with van der Waals surface area (Å²) in [5.41, 5.74) is 5.68. The minimum atomic E-state index is -3.27. The summed E-state index contributed by atoms with van der Waals surface area (Å²) in [5.74, 6) is -11.0. The van der Waals surface area contributed by atoms with Gasteiger partial charge in [0.2, 0.25) is 23.6 Å². The van der Waals surface area contributed by atoms with Gasteiger partial charge in [-0.05, 0) is 6.92 Å². The number of carboxylic acid groups (broad SMARTS) is 2. The zero-order valence-corrected chi connectivity index (χ0v) is 32.4. The van der Waals surface area contributed by atoms with Gasteiger partial charge in [-0.25, -0.2) is 4.79 Å². The molecule has 0 aromatic rings. The van der Waals surface area contributed by atoms with Crippen molar-refractivity contribution in [1.82, 2.24) is 9.80 Å². The van der Waals surface area contributed by atoms with Crippen LogP contribution in [-0.2, 0) is 57.2 Å². The number of nitrogens with zero attached hydrogens (tertiary/aromatic N) is 2. The van der Waals surface area contributed by atoms with Gasteiger partial charge in [0, 0.05) is 34.1 Å². The van der Waals surface area contributed by atoms with E-state index in [0.29, 0.717) is 9.80 Å². The predicted octanol–water partition coefficient (Wildman–Crippen LogP) is -7.74. The number of carbonyl (C=O) groups is 6. The molecule has 3 fully saturated rings. The first-order valence-corrected chi connectivity index (χ1v) is 18.1. The van der Waals surface area contributed by atoms with Crippen LogP contribution in [0, 0.1) is 0 Å². The number of nitrogens with two attached hydrogens (primary N) is 1. The number of rotatable bonds is 16. The third-order valence-electron chi connectivity index (χ3n) is 10.1. The van der Waals surface area contributed by atoms with E-state index >= 15 is 0 Å². The summed E-state index contributed by atoms with van der Waals surface area (Å²) >= 11 is 0. The molecule has 26 heteroatoms. The van der Waals surface area contributed by atoms with Gasteiger partial charge in [-0.2, -0.15) is 0 Å². The van der Waals surface area contributed by atoms with Crippen LogP contribution in [0.3, 0.4) is 0 Å². The summed E-state index contributed by atoms with van der Waals surface area (Å²) in [6.07, 6.45) is -30.4. The second-order valence-corrected chi connectivity index (χ2v) is 14.3. The molecule has 0 aromatic carbocycles. The minimum Gasteiger partial charge on any atom is -0.480 e. The number of aliphatic carboxylic acids is 2. The van der Waals surface area contributed by atoms with Crippen LogP contribution in [0.2, 0.25) is 0 Å². The maximum Gasteiger partial charge on any atom is 0.364 e. The molecule has 3 aliphatic rings. The number of hydrogen-bond donors (Lipinski definition) is 12.